The van der Waals surface area contributed by atoms with Crippen LogP contribution in [0.1, 0.15) is 40.5 Å². The number of rotatable bonds is 7. The molecule has 0 unspecified atom stereocenters. The summed E-state index contributed by atoms with van der Waals surface area (Å²) in [4.78, 5) is 38.3. The van der Waals surface area contributed by atoms with Crippen LogP contribution in [0.15, 0.2) is 48.5 Å². The molecule has 3 rings (SSSR count). The molecular weight excluding hydrogens is 412 g/mol. The Balaban J connectivity index is 1.44. The smallest absolute Gasteiger partial charge is 0.497 e. The van der Waals surface area contributed by atoms with Crippen molar-refractivity contribution in [2.75, 3.05) is 33.4 Å². The highest BCUT2D eigenvalue weighted by Gasteiger charge is 2.24. The Morgan fingerprint density at radius 1 is 1.00 bits per heavy atom. The van der Waals surface area contributed by atoms with E-state index in [9.17, 15) is 14.4 Å². The first kappa shape index (κ1) is 23.1. The molecule has 0 spiro atoms. The van der Waals surface area contributed by atoms with Gasteiger partial charge in [-0.25, -0.2) is 4.79 Å². The number of nitrogens with one attached hydrogen (secondary N) is 1. The predicted octanol–water partition coefficient (Wildman–Crippen LogP) is 3.51. The first-order valence-corrected chi connectivity index (χ1v) is 10.7. The Morgan fingerprint density at radius 3 is 2.38 bits per heavy atom. The number of likely N-dealkylation sites (tertiary alicyclic amines) is 1. The Hall–Kier alpha value is -3.55. The van der Waals surface area contributed by atoms with Crippen molar-refractivity contribution in [2.24, 2.45) is 5.92 Å². The number of piperidine rings is 1. The van der Waals surface area contributed by atoms with Crippen LogP contribution in [0.3, 0.4) is 0 Å². The summed E-state index contributed by atoms with van der Waals surface area (Å²) >= 11 is 0. The van der Waals surface area contributed by atoms with E-state index in [4.69, 9.17) is 14.2 Å². The average Bonchev–Trinajstić information content (AvgIpc) is 2.83. The third kappa shape index (κ3) is 6.23. The van der Waals surface area contributed by atoms with E-state index in [1.54, 1.807) is 50.4 Å². The molecule has 8 nitrogen and oxygen atoms in total. The van der Waals surface area contributed by atoms with E-state index in [-0.39, 0.29) is 18.4 Å². The van der Waals surface area contributed by atoms with Crippen LogP contribution >= 0.6 is 0 Å². The van der Waals surface area contributed by atoms with Gasteiger partial charge in [-0.1, -0.05) is 6.07 Å². The fraction of sp³-hybridized carbons (Fsp3) is 0.375. The number of hydrogen-bond donors (Lipinski definition) is 1. The second kappa shape index (κ2) is 11.2. The zero-order valence-corrected chi connectivity index (χ0v) is 18.3. The predicted molar refractivity (Wildman–Crippen MR) is 118 cm³/mol. The maximum absolute atomic E-state index is 12.7. The topological polar surface area (TPSA) is 94.2 Å². The van der Waals surface area contributed by atoms with E-state index < -0.39 is 6.16 Å². The van der Waals surface area contributed by atoms with Crippen LogP contribution in [0.4, 0.5) is 4.79 Å². The first-order chi connectivity index (χ1) is 15.5. The highest BCUT2D eigenvalue weighted by Crippen LogP contribution is 2.21. The minimum absolute atomic E-state index is 0.00323. The quantitative estimate of drug-likeness (QED) is 0.523. The van der Waals surface area contributed by atoms with Gasteiger partial charge in [-0.2, -0.15) is 0 Å². The molecule has 1 heterocycles. The van der Waals surface area contributed by atoms with Crippen molar-refractivity contribution in [1.82, 2.24) is 10.2 Å². The molecule has 1 N–H and O–H groups in total. The third-order valence-corrected chi connectivity index (χ3v) is 5.35. The standard InChI is InChI=1S/C24H28N2O6/c1-3-31-24(29)32-20-9-7-18(8-10-20)22(27)25-16-17-11-13-26(14-12-17)23(28)19-5-4-6-21(15-19)30-2/h4-10,15,17H,3,11-14,16H2,1-2H3,(H,25,27). The zero-order valence-electron chi connectivity index (χ0n) is 18.3. The first-order valence-electron chi connectivity index (χ1n) is 10.7. The third-order valence-electron chi connectivity index (χ3n) is 5.35. The van der Waals surface area contributed by atoms with Gasteiger partial charge in [-0.3, -0.25) is 9.59 Å². The Morgan fingerprint density at radius 2 is 1.72 bits per heavy atom. The molecule has 0 aliphatic carbocycles. The van der Waals surface area contributed by atoms with Crippen molar-refractivity contribution in [3.05, 3.63) is 59.7 Å². The number of hydrogen-bond acceptors (Lipinski definition) is 6. The van der Waals surface area contributed by atoms with E-state index >= 15 is 0 Å². The fourth-order valence-electron chi connectivity index (χ4n) is 3.54. The molecular formula is C24H28N2O6. The van der Waals surface area contributed by atoms with Crippen LogP contribution in [0.5, 0.6) is 11.5 Å². The van der Waals surface area contributed by atoms with E-state index in [0.717, 1.165) is 12.8 Å². The van der Waals surface area contributed by atoms with Crippen molar-refractivity contribution >= 4 is 18.0 Å². The Bertz CT molecular complexity index is 936. The summed E-state index contributed by atoms with van der Waals surface area (Å²) in [6.45, 7) is 3.76. The number of carbonyl (C=O) groups excluding carboxylic acids is 3. The van der Waals surface area contributed by atoms with E-state index in [0.29, 0.717) is 48.2 Å². The van der Waals surface area contributed by atoms with Crippen molar-refractivity contribution in [2.45, 2.75) is 19.8 Å². The molecule has 1 aliphatic rings. The molecule has 32 heavy (non-hydrogen) atoms. The highest BCUT2D eigenvalue weighted by atomic mass is 16.7. The number of methoxy groups -OCH3 is 1. The summed E-state index contributed by atoms with van der Waals surface area (Å²) in [5.41, 5.74) is 1.10. The Labute approximate surface area is 187 Å². The maximum Gasteiger partial charge on any atom is 0.513 e. The summed E-state index contributed by atoms with van der Waals surface area (Å²) in [5, 5.41) is 2.95. The molecule has 0 saturated carbocycles. The number of carbonyl (C=O) groups is 3. The summed E-state index contributed by atoms with van der Waals surface area (Å²) in [7, 11) is 1.58. The van der Waals surface area contributed by atoms with Crippen molar-refractivity contribution < 1.29 is 28.6 Å². The molecule has 1 fully saturated rings. The van der Waals surface area contributed by atoms with Crippen LogP contribution in [-0.4, -0.2) is 56.2 Å². The minimum atomic E-state index is -0.777. The number of benzene rings is 2. The SMILES string of the molecule is CCOC(=O)Oc1ccc(C(=O)NCC2CCN(C(=O)c3cccc(OC)c3)CC2)cc1. The van der Waals surface area contributed by atoms with Crippen molar-refractivity contribution in [1.29, 1.82) is 0 Å². The van der Waals surface area contributed by atoms with Crippen LogP contribution in [0.2, 0.25) is 0 Å². The van der Waals surface area contributed by atoms with Gasteiger partial charge in [0.1, 0.15) is 11.5 Å². The van der Waals surface area contributed by atoms with E-state index in [1.807, 2.05) is 17.0 Å². The molecule has 2 aromatic rings. The summed E-state index contributed by atoms with van der Waals surface area (Å²) in [5.74, 6) is 1.08. The summed E-state index contributed by atoms with van der Waals surface area (Å²) < 4.78 is 14.9. The normalized spacial score (nSPS) is 13.9. The molecule has 0 atom stereocenters. The Kier molecular flexibility index (Phi) is 8.08. The molecule has 0 bridgehead atoms. The average molecular weight is 440 g/mol. The monoisotopic (exact) mass is 440 g/mol. The molecule has 170 valence electrons. The molecule has 2 amide bonds. The van der Waals surface area contributed by atoms with Gasteiger partial charge >= 0.3 is 6.16 Å². The zero-order chi connectivity index (χ0) is 22.9. The van der Waals surface area contributed by atoms with Crippen molar-refractivity contribution in [3.8, 4) is 11.5 Å². The maximum atomic E-state index is 12.7. The van der Waals surface area contributed by atoms with Gasteiger partial charge in [0, 0.05) is 30.8 Å². The van der Waals surface area contributed by atoms with E-state index in [1.165, 1.54) is 0 Å². The van der Waals surface area contributed by atoms with Crippen LogP contribution in [0, 0.1) is 5.92 Å². The molecule has 2 aromatic carbocycles. The van der Waals surface area contributed by atoms with Gasteiger partial charge in [0.2, 0.25) is 0 Å². The second-order valence-electron chi connectivity index (χ2n) is 7.49. The summed E-state index contributed by atoms with van der Waals surface area (Å²) in [6, 6.07) is 13.5. The largest absolute Gasteiger partial charge is 0.513 e. The molecule has 1 aliphatic heterocycles. The lowest BCUT2D eigenvalue weighted by Crippen LogP contribution is -2.41. The van der Waals surface area contributed by atoms with Crippen LogP contribution in [-0.2, 0) is 4.74 Å². The number of amides is 2. The minimum Gasteiger partial charge on any atom is -0.497 e. The van der Waals surface area contributed by atoms with Crippen LogP contribution < -0.4 is 14.8 Å². The molecule has 0 radical (unpaired) electrons. The van der Waals surface area contributed by atoms with Gasteiger partial charge in [0.15, 0.2) is 0 Å². The van der Waals surface area contributed by atoms with Gasteiger partial charge < -0.3 is 24.4 Å². The van der Waals surface area contributed by atoms with Gasteiger partial charge in [0.05, 0.1) is 13.7 Å². The van der Waals surface area contributed by atoms with Crippen LogP contribution in [0.25, 0.3) is 0 Å². The van der Waals surface area contributed by atoms with Crippen molar-refractivity contribution in [3.63, 3.8) is 0 Å². The fourth-order valence-corrected chi connectivity index (χ4v) is 3.54. The lowest BCUT2D eigenvalue weighted by molar-refractivity contribution is 0.0683. The van der Waals surface area contributed by atoms with Gasteiger partial charge in [-0.05, 0) is 68.1 Å². The van der Waals surface area contributed by atoms with E-state index in [2.05, 4.69) is 5.32 Å². The summed E-state index contributed by atoms with van der Waals surface area (Å²) in [6.07, 6.45) is 0.867. The second-order valence-corrected chi connectivity index (χ2v) is 7.49. The lowest BCUT2D eigenvalue weighted by Gasteiger charge is -2.32. The molecule has 1 saturated heterocycles. The number of ether oxygens (including phenoxy) is 3. The number of nitrogens with zero attached hydrogens (tertiary/aromatic N) is 1. The lowest BCUT2D eigenvalue weighted by atomic mass is 9.96. The van der Waals surface area contributed by atoms with Gasteiger partial charge in [-0.15, -0.1) is 0 Å². The molecule has 0 aromatic heterocycles. The molecule has 8 heteroatoms. The van der Waals surface area contributed by atoms with Gasteiger partial charge in [0.25, 0.3) is 11.8 Å². The highest BCUT2D eigenvalue weighted by molar-refractivity contribution is 5.95.